The summed E-state index contributed by atoms with van der Waals surface area (Å²) in [6.45, 7) is 3.94. The van der Waals surface area contributed by atoms with E-state index in [1.54, 1.807) is 0 Å². The zero-order valence-electron chi connectivity index (χ0n) is 16.4. The maximum Gasteiger partial charge on any atom is 1.00 e. The summed E-state index contributed by atoms with van der Waals surface area (Å²) < 4.78 is 0. The summed E-state index contributed by atoms with van der Waals surface area (Å²) in [7, 11) is 8.35. The van der Waals surface area contributed by atoms with Crippen LogP contribution in [0.3, 0.4) is 0 Å². The molecule has 0 spiro atoms. The predicted octanol–water partition coefficient (Wildman–Crippen LogP) is 0.918. The van der Waals surface area contributed by atoms with E-state index >= 15 is 0 Å². The van der Waals surface area contributed by atoms with Crippen molar-refractivity contribution in [3.63, 3.8) is 0 Å². The molecule has 0 bridgehead atoms. The van der Waals surface area contributed by atoms with Gasteiger partial charge in [-0.2, -0.15) is 0 Å². The maximum absolute atomic E-state index is 4.46. The molecule has 0 saturated carbocycles. The summed E-state index contributed by atoms with van der Waals surface area (Å²) >= 11 is 0. The maximum atomic E-state index is 4.46. The zero-order valence-corrected chi connectivity index (χ0v) is 16.4. The van der Waals surface area contributed by atoms with Gasteiger partial charge < -0.3 is 20.4 Å². The van der Waals surface area contributed by atoms with Crippen molar-refractivity contribution in [2.24, 2.45) is 0 Å². The minimum Gasteiger partial charge on any atom is -0.683 e. The fraction of sp³-hybridized carbons (Fsp3) is 0.400. The van der Waals surface area contributed by atoms with Crippen LogP contribution in [0.1, 0.15) is 0 Å². The van der Waals surface area contributed by atoms with Gasteiger partial charge in [0.1, 0.15) is 0 Å². The van der Waals surface area contributed by atoms with Gasteiger partial charge in [-0.15, -0.1) is 12.2 Å². The summed E-state index contributed by atoms with van der Waals surface area (Å²) in [6.07, 6.45) is 0. The molecule has 0 heterocycles. The average Bonchev–Trinajstić information content (AvgIpc) is 2.59. The van der Waals surface area contributed by atoms with E-state index in [2.05, 4.69) is 60.8 Å². The Hall–Kier alpha value is -1.44. The molecule has 0 amide bonds. The molecule has 4 nitrogen and oxygen atoms in total. The zero-order chi connectivity index (χ0) is 17.6. The Bertz CT molecular complexity index is 468. The first-order valence-corrected chi connectivity index (χ1v) is 8.39. The monoisotopic (exact) mass is 334 g/mol. The van der Waals surface area contributed by atoms with Crippen LogP contribution in [0.5, 0.6) is 0 Å². The molecule has 5 heteroatoms. The van der Waals surface area contributed by atoms with E-state index in [9.17, 15) is 0 Å². The van der Waals surface area contributed by atoms with Crippen LogP contribution in [0.2, 0.25) is 0 Å². The van der Waals surface area contributed by atoms with E-state index in [0.717, 1.165) is 37.6 Å². The van der Waals surface area contributed by atoms with Crippen molar-refractivity contribution < 1.29 is 18.9 Å². The Labute approximate surface area is 165 Å². The minimum absolute atomic E-state index is 0. The Balaban J connectivity index is 0.000000552. The third-order valence-corrected chi connectivity index (χ3v) is 3.26. The molecule has 0 aromatic heterocycles. The smallest absolute Gasteiger partial charge is 0.683 e. The first kappa shape index (κ1) is 23.6. The number of hydrogen-bond acceptors (Lipinski definition) is 3. The van der Waals surface area contributed by atoms with Crippen molar-refractivity contribution in [1.29, 1.82) is 0 Å². The standard InChI is InChI=1S/C14H15N2.C6H16N2.Li/c1-3-7-13(8-4-1)15-11-12-16-14-9-5-2-6-10-14;1-7(2)5-6-8(3)4;/h1-10,15H,11-12H2;5-6H2,1-4H3;/q-1;;+1. The molecule has 0 atom stereocenters. The second kappa shape index (κ2) is 14.9. The molecule has 0 aliphatic carbocycles. The normalized spacial score (nSPS) is 9.84. The van der Waals surface area contributed by atoms with Crippen LogP contribution in [0.15, 0.2) is 60.7 Å². The van der Waals surface area contributed by atoms with E-state index in [-0.39, 0.29) is 18.9 Å². The number of anilines is 1. The predicted molar refractivity (Wildman–Crippen MR) is 106 cm³/mol. The molecular formula is C20H31LiN4. The summed E-state index contributed by atoms with van der Waals surface area (Å²) in [4.78, 5) is 4.36. The van der Waals surface area contributed by atoms with E-state index < -0.39 is 0 Å². The molecule has 2 aromatic rings. The van der Waals surface area contributed by atoms with Crippen LogP contribution in [0.25, 0.3) is 5.32 Å². The molecule has 132 valence electrons. The molecule has 0 aliphatic heterocycles. The molecule has 2 aromatic carbocycles. The van der Waals surface area contributed by atoms with Crippen molar-refractivity contribution in [2.75, 3.05) is 59.7 Å². The van der Waals surface area contributed by atoms with Gasteiger partial charge in [-0.05, 0) is 46.9 Å². The van der Waals surface area contributed by atoms with E-state index in [0.29, 0.717) is 0 Å². The van der Waals surface area contributed by atoms with Gasteiger partial charge in [-0.3, -0.25) is 0 Å². The third kappa shape index (κ3) is 13.5. The van der Waals surface area contributed by atoms with Gasteiger partial charge in [-0.1, -0.05) is 48.5 Å². The number of likely N-dealkylation sites (N-methyl/N-ethyl adjacent to an activating group) is 2. The number of para-hydroxylation sites is 2. The van der Waals surface area contributed by atoms with E-state index in [4.69, 9.17) is 0 Å². The summed E-state index contributed by atoms with van der Waals surface area (Å²) in [5, 5.41) is 7.78. The van der Waals surface area contributed by atoms with Gasteiger partial charge in [0.25, 0.3) is 0 Å². The van der Waals surface area contributed by atoms with Crippen LogP contribution in [-0.2, 0) is 0 Å². The fourth-order valence-corrected chi connectivity index (χ4v) is 1.87. The Morgan fingerprint density at radius 1 is 0.760 bits per heavy atom. The van der Waals surface area contributed by atoms with Gasteiger partial charge in [0.2, 0.25) is 0 Å². The SMILES string of the molecule is CN(C)CCN(C)C.[Li+].c1ccc([N-]CCNc2ccccc2)cc1. The van der Waals surface area contributed by atoms with Crippen LogP contribution in [0, 0.1) is 0 Å². The largest absolute Gasteiger partial charge is 1.00 e. The summed E-state index contributed by atoms with van der Waals surface area (Å²) in [5.74, 6) is 0. The first-order valence-electron chi connectivity index (χ1n) is 8.39. The number of rotatable bonds is 8. The van der Waals surface area contributed by atoms with Crippen LogP contribution in [0.4, 0.5) is 11.4 Å². The molecule has 1 N–H and O–H groups in total. The average molecular weight is 334 g/mol. The van der Waals surface area contributed by atoms with Crippen molar-refractivity contribution in [1.82, 2.24) is 9.80 Å². The van der Waals surface area contributed by atoms with Crippen molar-refractivity contribution >= 4 is 11.4 Å². The van der Waals surface area contributed by atoms with Gasteiger partial charge in [0.15, 0.2) is 0 Å². The Morgan fingerprint density at radius 2 is 1.24 bits per heavy atom. The van der Waals surface area contributed by atoms with Gasteiger partial charge in [0.05, 0.1) is 0 Å². The van der Waals surface area contributed by atoms with Crippen LogP contribution in [-0.4, -0.2) is 64.2 Å². The molecule has 2 rings (SSSR count). The number of nitrogens with one attached hydrogen (secondary N) is 1. The Morgan fingerprint density at radius 3 is 1.72 bits per heavy atom. The first-order chi connectivity index (χ1) is 11.6. The molecule has 0 radical (unpaired) electrons. The second-order valence-electron chi connectivity index (χ2n) is 6.12. The number of benzene rings is 2. The molecule has 0 unspecified atom stereocenters. The molecule has 0 fully saturated rings. The minimum atomic E-state index is 0. The molecule has 0 saturated heterocycles. The van der Waals surface area contributed by atoms with E-state index in [1.807, 2.05) is 48.5 Å². The molecular weight excluding hydrogens is 303 g/mol. The summed E-state index contributed by atoms with van der Waals surface area (Å²) in [6, 6.07) is 20.2. The van der Waals surface area contributed by atoms with Crippen LogP contribution >= 0.6 is 0 Å². The van der Waals surface area contributed by atoms with Gasteiger partial charge in [0, 0.05) is 18.8 Å². The molecule has 0 aliphatic rings. The van der Waals surface area contributed by atoms with Crippen molar-refractivity contribution in [3.05, 3.63) is 66.0 Å². The van der Waals surface area contributed by atoms with Gasteiger partial charge >= 0.3 is 18.9 Å². The Kier molecular flexibility index (Phi) is 14.0. The quantitative estimate of drug-likeness (QED) is 0.576. The third-order valence-electron chi connectivity index (χ3n) is 3.26. The number of hydrogen-bond donors (Lipinski definition) is 1. The van der Waals surface area contributed by atoms with Crippen molar-refractivity contribution in [2.45, 2.75) is 0 Å². The van der Waals surface area contributed by atoms with Crippen LogP contribution < -0.4 is 24.2 Å². The summed E-state index contributed by atoms with van der Waals surface area (Å²) in [5.41, 5.74) is 2.18. The van der Waals surface area contributed by atoms with Crippen molar-refractivity contribution in [3.8, 4) is 0 Å². The molecule has 25 heavy (non-hydrogen) atoms. The topological polar surface area (TPSA) is 32.6 Å². The van der Waals surface area contributed by atoms with E-state index in [1.165, 1.54) is 0 Å². The number of nitrogens with zero attached hydrogens (tertiary/aromatic N) is 3. The fourth-order valence-electron chi connectivity index (χ4n) is 1.87. The second-order valence-corrected chi connectivity index (χ2v) is 6.12. The van der Waals surface area contributed by atoms with Gasteiger partial charge in [-0.25, -0.2) is 0 Å².